The van der Waals surface area contributed by atoms with Crippen LogP contribution in [0, 0.1) is 6.92 Å². The van der Waals surface area contributed by atoms with Crippen molar-refractivity contribution < 1.29 is 9.32 Å². The number of amides is 1. The number of benzene rings is 1. The lowest BCUT2D eigenvalue weighted by Gasteiger charge is -2.02. The van der Waals surface area contributed by atoms with Crippen molar-refractivity contribution in [3.05, 3.63) is 58.6 Å². The fourth-order valence-electron chi connectivity index (χ4n) is 3.14. The number of pyridine rings is 1. The molecule has 0 aliphatic rings. The fourth-order valence-corrected chi connectivity index (χ4v) is 3.14. The van der Waals surface area contributed by atoms with Gasteiger partial charge in [0.25, 0.3) is 5.89 Å². The number of aryl methyl sites for hydroxylation is 1. The normalized spacial score (nSPS) is 11.1. The summed E-state index contributed by atoms with van der Waals surface area (Å²) in [4.78, 5) is 29.2. The summed E-state index contributed by atoms with van der Waals surface area (Å²) in [5, 5.41) is 11.2. The molecule has 3 aromatic heterocycles. The van der Waals surface area contributed by atoms with Gasteiger partial charge in [-0.2, -0.15) is 4.98 Å². The van der Waals surface area contributed by atoms with Crippen molar-refractivity contribution >= 4 is 11.6 Å². The van der Waals surface area contributed by atoms with E-state index in [1.165, 1.54) is 4.40 Å². The molecule has 154 valence electrons. The molecule has 4 aromatic rings. The number of rotatable bonds is 7. The minimum Gasteiger partial charge on any atom is -0.354 e. The molecule has 1 N–H and O–H groups in total. The minimum absolute atomic E-state index is 0.151. The van der Waals surface area contributed by atoms with Crippen LogP contribution < -0.4 is 11.0 Å². The Bertz CT molecular complexity index is 1250. The third-order valence-electron chi connectivity index (χ3n) is 4.69. The molecule has 30 heavy (non-hydrogen) atoms. The molecule has 3 heterocycles. The van der Waals surface area contributed by atoms with Crippen LogP contribution in [0.2, 0.25) is 0 Å². The quantitative estimate of drug-likeness (QED) is 0.473. The van der Waals surface area contributed by atoms with Crippen molar-refractivity contribution in [2.75, 3.05) is 6.54 Å². The number of fused-ring (bicyclic) bond motifs is 1. The van der Waals surface area contributed by atoms with Gasteiger partial charge in [-0.3, -0.25) is 4.79 Å². The summed E-state index contributed by atoms with van der Waals surface area (Å²) in [6, 6.07) is 11.2. The lowest BCUT2D eigenvalue weighted by Crippen LogP contribution is -2.33. The topological polar surface area (TPSA) is 107 Å². The number of hydrogen-bond acceptors (Lipinski definition) is 6. The zero-order chi connectivity index (χ0) is 21.1. The van der Waals surface area contributed by atoms with E-state index in [1.54, 1.807) is 18.3 Å². The molecule has 9 heteroatoms. The maximum atomic E-state index is 12.7. The van der Waals surface area contributed by atoms with Crippen molar-refractivity contribution in [2.24, 2.45) is 0 Å². The summed E-state index contributed by atoms with van der Waals surface area (Å²) in [6.45, 7) is 4.46. The number of unbranched alkanes of at least 4 members (excludes halogenated alkanes) is 1. The van der Waals surface area contributed by atoms with Gasteiger partial charge in [-0.15, -0.1) is 5.10 Å². The molecule has 0 unspecified atom stereocenters. The van der Waals surface area contributed by atoms with Crippen LogP contribution >= 0.6 is 0 Å². The van der Waals surface area contributed by atoms with Gasteiger partial charge in [-0.25, -0.2) is 13.9 Å². The summed E-state index contributed by atoms with van der Waals surface area (Å²) < 4.78 is 7.95. The van der Waals surface area contributed by atoms with Crippen molar-refractivity contribution in [1.29, 1.82) is 0 Å². The Labute approximate surface area is 172 Å². The smallest absolute Gasteiger partial charge is 0.350 e. The van der Waals surface area contributed by atoms with Gasteiger partial charge in [-0.1, -0.05) is 42.3 Å². The van der Waals surface area contributed by atoms with E-state index in [9.17, 15) is 9.59 Å². The van der Waals surface area contributed by atoms with Gasteiger partial charge >= 0.3 is 5.69 Å². The second-order valence-corrected chi connectivity index (χ2v) is 7.05. The molecule has 0 saturated heterocycles. The molecule has 4 rings (SSSR count). The van der Waals surface area contributed by atoms with Crippen molar-refractivity contribution in [1.82, 2.24) is 29.6 Å². The highest BCUT2D eigenvalue weighted by atomic mass is 16.5. The molecule has 0 fully saturated rings. The molecule has 0 bridgehead atoms. The van der Waals surface area contributed by atoms with Crippen LogP contribution in [0.15, 0.2) is 51.9 Å². The molecule has 9 nitrogen and oxygen atoms in total. The molecular formula is C21H22N6O3. The Morgan fingerprint density at radius 3 is 2.90 bits per heavy atom. The molecule has 0 atom stereocenters. The molecule has 1 aromatic carbocycles. The third-order valence-corrected chi connectivity index (χ3v) is 4.69. The summed E-state index contributed by atoms with van der Waals surface area (Å²) in [5.41, 5.74) is 2.39. The molecule has 0 radical (unpaired) electrons. The standard InChI is InChI=1S/C21H22N6O3/c1-3-4-10-22-17(28)13-27-21(29)26-11-6-9-16(19(26)24-27)20-23-18(25-30-20)15-8-5-7-14(2)12-15/h5-9,11-12H,3-4,10,13H2,1-2H3,(H,22,28). The molecule has 1 amide bonds. The lowest BCUT2D eigenvalue weighted by atomic mass is 10.1. The van der Waals surface area contributed by atoms with Gasteiger partial charge in [0, 0.05) is 18.3 Å². The number of carbonyl (C=O) groups excluding carboxylic acids is 1. The van der Waals surface area contributed by atoms with Crippen LogP contribution in [-0.4, -0.2) is 36.8 Å². The first-order valence-electron chi connectivity index (χ1n) is 9.83. The third kappa shape index (κ3) is 3.86. The largest absolute Gasteiger partial charge is 0.354 e. The van der Waals surface area contributed by atoms with E-state index in [2.05, 4.69) is 20.6 Å². The van der Waals surface area contributed by atoms with E-state index < -0.39 is 5.69 Å². The number of carbonyl (C=O) groups is 1. The first kappa shape index (κ1) is 19.6. The van der Waals surface area contributed by atoms with Gasteiger partial charge in [0.1, 0.15) is 6.54 Å². The minimum atomic E-state index is -0.407. The van der Waals surface area contributed by atoms with E-state index in [4.69, 9.17) is 4.52 Å². The zero-order valence-corrected chi connectivity index (χ0v) is 16.8. The second kappa shape index (κ2) is 8.32. The van der Waals surface area contributed by atoms with Crippen molar-refractivity contribution in [2.45, 2.75) is 33.2 Å². The Hall–Kier alpha value is -3.75. The van der Waals surface area contributed by atoms with Crippen LogP contribution in [0.25, 0.3) is 28.5 Å². The Morgan fingerprint density at radius 1 is 1.23 bits per heavy atom. The van der Waals surface area contributed by atoms with E-state index in [0.717, 1.165) is 28.7 Å². The van der Waals surface area contributed by atoms with E-state index in [1.807, 2.05) is 38.1 Å². The van der Waals surface area contributed by atoms with Gasteiger partial charge in [-0.05, 0) is 31.5 Å². The summed E-state index contributed by atoms with van der Waals surface area (Å²) >= 11 is 0. The maximum absolute atomic E-state index is 12.7. The second-order valence-electron chi connectivity index (χ2n) is 7.05. The Kier molecular flexibility index (Phi) is 5.42. The number of nitrogens with zero attached hydrogens (tertiary/aromatic N) is 5. The monoisotopic (exact) mass is 406 g/mol. The van der Waals surface area contributed by atoms with Gasteiger partial charge < -0.3 is 9.84 Å². The Balaban J connectivity index is 1.66. The van der Waals surface area contributed by atoms with Crippen LogP contribution in [-0.2, 0) is 11.3 Å². The highest BCUT2D eigenvalue weighted by molar-refractivity contribution is 5.76. The number of nitrogens with one attached hydrogen (secondary N) is 1. The highest BCUT2D eigenvalue weighted by Gasteiger charge is 2.18. The predicted molar refractivity (Wildman–Crippen MR) is 111 cm³/mol. The van der Waals surface area contributed by atoms with Gasteiger partial charge in [0.15, 0.2) is 5.65 Å². The fraction of sp³-hybridized carbons (Fsp3) is 0.286. The van der Waals surface area contributed by atoms with Crippen LogP contribution in [0.1, 0.15) is 25.3 Å². The van der Waals surface area contributed by atoms with E-state index in [0.29, 0.717) is 23.6 Å². The van der Waals surface area contributed by atoms with Gasteiger partial charge in [0.05, 0.1) is 5.56 Å². The van der Waals surface area contributed by atoms with Crippen LogP contribution in [0.5, 0.6) is 0 Å². The summed E-state index contributed by atoms with van der Waals surface area (Å²) in [7, 11) is 0. The lowest BCUT2D eigenvalue weighted by molar-refractivity contribution is -0.121. The molecule has 0 saturated carbocycles. The van der Waals surface area contributed by atoms with E-state index >= 15 is 0 Å². The van der Waals surface area contributed by atoms with Crippen molar-refractivity contribution in [3.63, 3.8) is 0 Å². The first-order valence-corrected chi connectivity index (χ1v) is 9.83. The predicted octanol–water partition coefficient (Wildman–Crippen LogP) is 2.44. The molecular weight excluding hydrogens is 384 g/mol. The molecule has 0 spiro atoms. The van der Waals surface area contributed by atoms with Crippen LogP contribution in [0.3, 0.4) is 0 Å². The number of hydrogen-bond donors (Lipinski definition) is 1. The molecule has 0 aliphatic carbocycles. The summed E-state index contributed by atoms with van der Waals surface area (Å²) in [6.07, 6.45) is 3.46. The number of aromatic nitrogens is 5. The van der Waals surface area contributed by atoms with Gasteiger partial charge in [0.2, 0.25) is 11.7 Å². The maximum Gasteiger partial charge on any atom is 0.350 e. The first-order chi connectivity index (χ1) is 14.6. The SMILES string of the molecule is CCCCNC(=O)Cn1nc2c(-c3nc(-c4cccc(C)c4)no3)cccn2c1=O. The van der Waals surface area contributed by atoms with Crippen molar-refractivity contribution in [3.8, 4) is 22.8 Å². The Morgan fingerprint density at radius 2 is 2.10 bits per heavy atom. The molecule has 0 aliphatic heterocycles. The zero-order valence-electron chi connectivity index (χ0n) is 16.8. The van der Waals surface area contributed by atoms with E-state index in [-0.39, 0.29) is 18.3 Å². The average Bonchev–Trinajstić information content (AvgIpc) is 3.34. The summed E-state index contributed by atoms with van der Waals surface area (Å²) in [5.74, 6) is 0.449. The average molecular weight is 406 g/mol. The highest BCUT2D eigenvalue weighted by Crippen LogP contribution is 2.24. The van der Waals surface area contributed by atoms with Crippen LogP contribution in [0.4, 0.5) is 0 Å².